The van der Waals surface area contributed by atoms with Crippen LogP contribution in [0.5, 0.6) is 0 Å². The van der Waals surface area contributed by atoms with Gasteiger partial charge in [-0.2, -0.15) is 0 Å². The van der Waals surface area contributed by atoms with Crippen LogP contribution in [0.3, 0.4) is 0 Å². The number of aromatic nitrogens is 3. The van der Waals surface area contributed by atoms with Crippen molar-refractivity contribution in [2.45, 2.75) is 33.5 Å². The van der Waals surface area contributed by atoms with Crippen molar-refractivity contribution in [3.8, 4) is 11.1 Å². The number of benzene rings is 2. The first kappa shape index (κ1) is 21.8. The molecule has 0 saturated heterocycles. The van der Waals surface area contributed by atoms with Gasteiger partial charge in [0.25, 0.3) is 0 Å². The van der Waals surface area contributed by atoms with Crippen molar-refractivity contribution in [3.05, 3.63) is 94.0 Å². The van der Waals surface area contributed by atoms with E-state index in [0.29, 0.717) is 13.1 Å². The topological polar surface area (TPSA) is 67.1 Å². The molecule has 0 fully saturated rings. The minimum Gasteiger partial charge on any atom is -0.352 e. The molecular weight excluding hydrogens is 416 g/mol. The highest BCUT2D eigenvalue weighted by molar-refractivity contribution is 7.11. The van der Waals surface area contributed by atoms with Gasteiger partial charge in [-0.1, -0.05) is 48.5 Å². The predicted octanol–water partition coefficient (Wildman–Crippen LogP) is 4.54. The summed E-state index contributed by atoms with van der Waals surface area (Å²) >= 11 is 1.72. The van der Waals surface area contributed by atoms with Crippen molar-refractivity contribution in [3.63, 3.8) is 0 Å². The fourth-order valence-electron chi connectivity index (χ4n) is 3.51. The van der Waals surface area contributed by atoms with Crippen LogP contribution in [0, 0.1) is 13.8 Å². The summed E-state index contributed by atoms with van der Waals surface area (Å²) in [5.74, 6) is 0.765. The SMILES string of the molecule is CN=C(NCc1nc(C)c(C)s1)NCc1ccccc1-c1ccc(Cn2ccnc2)cc1. The van der Waals surface area contributed by atoms with Crippen LogP contribution in [0.1, 0.15) is 26.7 Å². The smallest absolute Gasteiger partial charge is 0.191 e. The molecule has 4 rings (SSSR count). The molecule has 0 spiro atoms. The average Bonchev–Trinajstić information content (AvgIpc) is 3.44. The standard InChI is InChI=1S/C25H28N6S/c1-18-19(2)32-24(30-18)15-29-25(26-3)28-14-22-6-4-5-7-23(22)21-10-8-20(9-11-21)16-31-13-12-27-17-31/h4-13,17H,14-16H2,1-3H3,(H2,26,28,29). The van der Waals surface area contributed by atoms with Crippen molar-refractivity contribution >= 4 is 17.3 Å². The molecule has 0 aliphatic rings. The van der Waals surface area contributed by atoms with E-state index in [0.717, 1.165) is 23.2 Å². The van der Waals surface area contributed by atoms with Gasteiger partial charge in [-0.15, -0.1) is 11.3 Å². The Labute approximate surface area is 193 Å². The summed E-state index contributed by atoms with van der Waals surface area (Å²) in [5, 5.41) is 7.87. The molecule has 7 heteroatoms. The molecular formula is C25H28N6S. The van der Waals surface area contributed by atoms with E-state index in [9.17, 15) is 0 Å². The lowest BCUT2D eigenvalue weighted by Gasteiger charge is -2.14. The van der Waals surface area contributed by atoms with Gasteiger partial charge in [0.2, 0.25) is 0 Å². The van der Waals surface area contributed by atoms with Gasteiger partial charge >= 0.3 is 0 Å². The molecule has 164 valence electrons. The molecule has 0 bridgehead atoms. The molecule has 0 aliphatic heterocycles. The minimum absolute atomic E-state index is 0.666. The fraction of sp³-hybridized carbons (Fsp3) is 0.240. The van der Waals surface area contributed by atoms with Crippen LogP contribution in [0.25, 0.3) is 11.1 Å². The monoisotopic (exact) mass is 444 g/mol. The molecule has 0 saturated carbocycles. The first-order valence-electron chi connectivity index (χ1n) is 10.6. The lowest BCUT2D eigenvalue weighted by molar-refractivity contribution is 0.797. The van der Waals surface area contributed by atoms with E-state index in [-0.39, 0.29) is 0 Å². The highest BCUT2D eigenvalue weighted by Gasteiger charge is 2.08. The Morgan fingerprint density at radius 1 is 1.03 bits per heavy atom. The number of thiazole rings is 1. The highest BCUT2D eigenvalue weighted by Crippen LogP contribution is 2.24. The zero-order valence-corrected chi connectivity index (χ0v) is 19.5. The van der Waals surface area contributed by atoms with Crippen LogP contribution in [-0.4, -0.2) is 27.5 Å². The highest BCUT2D eigenvalue weighted by atomic mass is 32.1. The molecule has 0 amide bonds. The molecule has 32 heavy (non-hydrogen) atoms. The fourth-order valence-corrected chi connectivity index (χ4v) is 4.38. The number of guanidine groups is 1. The molecule has 4 aromatic rings. The maximum atomic E-state index is 4.59. The maximum Gasteiger partial charge on any atom is 0.191 e. The van der Waals surface area contributed by atoms with Crippen LogP contribution < -0.4 is 10.6 Å². The number of aryl methyl sites for hydroxylation is 2. The summed E-state index contributed by atoms with van der Waals surface area (Å²) in [6.45, 7) is 6.32. The van der Waals surface area contributed by atoms with E-state index in [1.165, 1.54) is 27.1 Å². The van der Waals surface area contributed by atoms with E-state index in [1.54, 1.807) is 24.6 Å². The summed E-state index contributed by atoms with van der Waals surface area (Å²) in [5.41, 5.74) is 5.99. The third-order valence-electron chi connectivity index (χ3n) is 5.36. The van der Waals surface area contributed by atoms with Crippen molar-refractivity contribution < 1.29 is 0 Å². The van der Waals surface area contributed by atoms with E-state index in [4.69, 9.17) is 0 Å². The van der Waals surface area contributed by atoms with Gasteiger partial charge in [0, 0.05) is 37.4 Å². The average molecular weight is 445 g/mol. The second-order valence-corrected chi connectivity index (χ2v) is 8.91. The molecule has 6 nitrogen and oxygen atoms in total. The Kier molecular flexibility index (Phi) is 6.97. The van der Waals surface area contributed by atoms with Crippen molar-refractivity contribution in [2.24, 2.45) is 4.99 Å². The Bertz CT molecular complexity index is 1160. The third kappa shape index (κ3) is 5.42. The van der Waals surface area contributed by atoms with E-state index in [2.05, 4.69) is 85.6 Å². The quantitative estimate of drug-likeness (QED) is 0.324. The van der Waals surface area contributed by atoms with E-state index in [1.807, 2.05) is 19.4 Å². The van der Waals surface area contributed by atoms with Gasteiger partial charge in [0.1, 0.15) is 5.01 Å². The molecule has 0 aliphatic carbocycles. The Morgan fingerprint density at radius 2 is 1.81 bits per heavy atom. The Morgan fingerprint density at radius 3 is 2.50 bits per heavy atom. The molecule has 2 aromatic heterocycles. The van der Waals surface area contributed by atoms with Crippen molar-refractivity contribution in [1.82, 2.24) is 25.2 Å². The van der Waals surface area contributed by atoms with Crippen LogP contribution in [0.15, 0.2) is 72.2 Å². The number of rotatable bonds is 7. The van der Waals surface area contributed by atoms with Crippen LogP contribution in [-0.2, 0) is 19.6 Å². The second kappa shape index (κ2) is 10.2. The molecule has 2 heterocycles. The van der Waals surface area contributed by atoms with Gasteiger partial charge in [0.15, 0.2) is 5.96 Å². The van der Waals surface area contributed by atoms with Gasteiger partial charge in [-0.25, -0.2) is 9.97 Å². The summed E-state index contributed by atoms with van der Waals surface area (Å²) in [4.78, 5) is 14.3. The minimum atomic E-state index is 0.666. The predicted molar refractivity (Wildman–Crippen MR) is 132 cm³/mol. The van der Waals surface area contributed by atoms with Crippen LogP contribution >= 0.6 is 11.3 Å². The molecule has 0 radical (unpaired) electrons. The molecule has 2 aromatic carbocycles. The zero-order chi connectivity index (χ0) is 22.3. The van der Waals surface area contributed by atoms with Crippen molar-refractivity contribution in [1.29, 1.82) is 0 Å². The number of nitrogens with one attached hydrogen (secondary N) is 2. The lowest BCUT2D eigenvalue weighted by atomic mass is 9.98. The number of imidazole rings is 1. The van der Waals surface area contributed by atoms with Crippen LogP contribution in [0.2, 0.25) is 0 Å². The Balaban J connectivity index is 1.40. The summed E-state index contributed by atoms with van der Waals surface area (Å²) in [7, 11) is 1.79. The molecule has 0 atom stereocenters. The normalized spacial score (nSPS) is 11.5. The number of hydrogen-bond acceptors (Lipinski definition) is 4. The number of aliphatic imine (C=N–C) groups is 1. The summed E-state index contributed by atoms with van der Waals surface area (Å²) in [6, 6.07) is 17.2. The van der Waals surface area contributed by atoms with Crippen molar-refractivity contribution in [2.75, 3.05) is 7.05 Å². The zero-order valence-electron chi connectivity index (χ0n) is 18.7. The number of nitrogens with zero attached hydrogens (tertiary/aromatic N) is 4. The largest absolute Gasteiger partial charge is 0.352 e. The summed E-state index contributed by atoms with van der Waals surface area (Å²) < 4.78 is 2.07. The molecule has 0 unspecified atom stereocenters. The van der Waals surface area contributed by atoms with Gasteiger partial charge in [0.05, 0.1) is 18.6 Å². The molecule has 2 N–H and O–H groups in total. The van der Waals surface area contributed by atoms with Crippen LogP contribution in [0.4, 0.5) is 0 Å². The Hall–Kier alpha value is -3.45. The summed E-state index contributed by atoms with van der Waals surface area (Å²) in [6.07, 6.45) is 5.62. The first-order chi connectivity index (χ1) is 15.6. The van der Waals surface area contributed by atoms with Gasteiger partial charge < -0.3 is 15.2 Å². The van der Waals surface area contributed by atoms with E-state index < -0.39 is 0 Å². The van der Waals surface area contributed by atoms with E-state index >= 15 is 0 Å². The maximum absolute atomic E-state index is 4.59. The first-order valence-corrected chi connectivity index (χ1v) is 11.4. The second-order valence-electron chi connectivity index (χ2n) is 7.62. The lowest BCUT2D eigenvalue weighted by Crippen LogP contribution is -2.36. The number of hydrogen-bond donors (Lipinski definition) is 2. The van der Waals surface area contributed by atoms with Gasteiger partial charge in [-0.3, -0.25) is 4.99 Å². The third-order valence-corrected chi connectivity index (χ3v) is 6.43. The van der Waals surface area contributed by atoms with Gasteiger partial charge in [-0.05, 0) is 36.1 Å².